The van der Waals surface area contributed by atoms with Crippen molar-refractivity contribution in [3.8, 4) is 11.5 Å². The zero-order valence-electron chi connectivity index (χ0n) is 11.9. The Balaban J connectivity index is 1.98. The Hall–Kier alpha value is -1.58. The number of ether oxygens (including phenoxy) is 2. The number of anilines is 2. The van der Waals surface area contributed by atoms with Crippen LogP contribution in [0.4, 0.5) is 11.4 Å². The molecule has 104 valence electrons. The van der Waals surface area contributed by atoms with E-state index in [-0.39, 0.29) is 0 Å². The van der Waals surface area contributed by atoms with E-state index in [0.29, 0.717) is 6.04 Å². The number of hydrogen-bond acceptors (Lipinski definition) is 4. The summed E-state index contributed by atoms with van der Waals surface area (Å²) in [7, 11) is 3.37. The van der Waals surface area contributed by atoms with Crippen molar-refractivity contribution < 1.29 is 9.47 Å². The molecule has 0 radical (unpaired) electrons. The fourth-order valence-electron chi connectivity index (χ4n) is 3.24. The van der Waals surface area contributed by atoms with E-state index >= 15 is 0 Å². The first-order valence-corrected chi connectivity index (χ1v) is 6.99. The summed E-state index contributed by atoms with van der Waals surface area (Å²) in [6, 6.07) is 4.75. The van der Waals surface area contributed by atoms with Gasteiger partial charge in [-0.25, -0.2) is 0 Å². The van der Waals surface area contributed by atoms with Crippen LogP contribution >= 0.6 is 0 Å². The van der Waals surface area contributed by atoms with Crippen LogP contribution in [0.1, 0.15) is 19.8 Å². The summed E-state index contributed by atoms with van der Waals surface area (Å²) in [5, 5.41) is 3.53. The lowest BCUT2D eigenvalue weighted by atomic mass is 9.90. The van der Waals surface area contributed by atoms with Gasteiger partial charge in [-0.2, -0.15) is 0 Å². The van der Waals surface area contributed by atoms with Crippen molar-refractivity contribution in [1.82, 2.24) is 0 Å². The van der Waals surface area contributed by atoms with Crippen LogP contribution in [-0.4, -0.2) is 33.4 Å². The third-order valence-corrected chi connectivity index (χ3v) is 4.32. The molecule has 3 rings (SSSR count). The number of rotatable bonds is 2. The normalized spacial score (nSPS) is 25.1. The molecule has 1 aromatic rings. The number of hydrogen-bond donors (Lipinski definition) is 1. The van der Waals surface area contributed by atoms with Gasteiger partial charge in [-0.1, -0.05) is 6.92 Å². The summed E-state index contributed by atoms with van der Waals surface area (Å²) in [6.45, 7) is 4.50. The quantitative estimate of drug-likeness (QED) is 0.888. The molecule has 2 aliphatic heterocycles. The fourth-order valence-corrected chi connectivity index (χ4v) is 3.24. The molecule has 2 aliphatic rings. The molecule has 4 nitrogen and oxygen atoms in total. The van der Waals surface area contributed by atoms with E-state index in [4.69, 9.17) is 9.47 Å². The van der Waals surface area contributed by atoms with Gasteiger partial charge < -0.3 is 19.7 Å². The van der Waals surface area contributed by atoms with Gasteiger partial charge in [0.15, 0.2) is 11.5 Å². The Bertz CT molecular complexity index is 475. The first-order valence-electron chi connectivity index (χ1n) is 6.99. The average Bonchev–Trinajstić information content (AvgIpc) is 2.45. The summed E-state index contributed by atoms with van der Waals surface area (Å²) < 4.78 is 10.8. The molecule has 0 amide bonds. The predicted molar refractivity (Wildman–Crippen MR) is 77.6 cm³/mol. The summed E-state index contributed by atoms with van der Waals surface area (Å²) >= 11 is 0. The second kappa shape index (κ2) is 4.83. The minimum Gasteiger partial charge on any atom is -0.493 e. The van der Waals surface area contributed by atoms with E-state index in [9.17, 15) is 0 Å². The lowest BCUT2D eigenvalue weighted by Gasteiger charge is -2.44. The molecular weight excluding hydrogens is 240 g/mol. The zero-order valence-corrected chi connectivity index (χ0v) is 11.9. The second-order valence-corrected chi connectivity index (χ2v) is 5.58. The fraction of sp³-hybridized carbons (Fsp3) is 0.600. The number of benzene rings is 1. The molecule has 1 fully saturated rings. The lowest BCUT2D eigenvalue weighted by Crippen LogP contribution is -2.48. The lowest BCUT2D eigenvalue weighted by molar-refractivity contribution is 0.351. The average molecular weight is 262 g/mol. The van der Waals surface area contributed by atoms with Gasteiger partial charge in [0.1, 0.15) is 0 Å². The van der Waals surface area contributed by atoms with Crippen molar-refractivity contribution in [2.24, 2.45) is 5.92 Å². The Morgan fingerprint density at radius 3 is 2.68 bits per heavy atom. The molecule has 0 aromatic heterocycles. The molecule has 0 bridgehead atoms. The van der Waals surface area contributed by atoms with Crippen molar-refractivity contribution in [1.29, 1.82) is 0 Å². The third-order valence-electron chi connectivity index (χ3n) is 4.32. The van der Waals surface area contributed by atoms with Crippen molar-refractivity contribution in [2.45, 2.75) is 25.8 Å². The molecule has 0 saturated carbocycles. The van der Waals surface area contributed by atoms with Crippen LogP contribution in [-0.2, 0) is 0 Å². The minimum atomic E-state index is 0.606. The predicted octanol–water partition coefficient (Wildman–Crippen LogP) is 2.73. The summed E-state index contributed by atoms with van der Waals surface area (Å²) in [5.41, 5.74) is 2.41. The number of methoxy groups -OCH3 is 2. The van der Waals surface area contributed by atoms with Gasteiger partial charge in [-0.15, -0.1) is 0 Å². The van der Waals surface area contributed by atoms with Gasteiger partial charge in [0, 0.05) is 31.3 Å². The Kier molecular flexibility index (Phi) is 3.17. The van der Waals surface area contributed by atoms with Gasteiger partial charge in [0.05, 0.1) is 25.6 Å². The van der Waals surface area contributed by atoms with Crippen molar-refractivity contribution in [3.05, 3.63) is 12.1 Å². The first-order chi connectivity index (χ1) is 9.22. The van der Waals surface area contributed by atoms with E-state index in [1.807, 2.05) is 6.07 Å². The smallest absolute Gasteiger partial charge is 0.162 e. The van der Waals surface area contributed by atoms with Crippen LogP contribution in [0.3, 0.4) is 0 Å². The van der Waals surface area contributed by atoms with E-state index < -0.39 is 0 Å². The topological polar surface area (TPSA) is 33.7 Å². The molecule has 2 atom stereocenters. The summed E-state index contributed by atoms with van der Waals surface area (Å²) in [4.78, 5) is 2.52. The van der Waals surface area contributed by atoms with Gasteiger partial charge >= 0.3 is 0 Å². The van der Waals surface area contributed by atoms with E-state index in [1.54, 1.807) is 14.2 Å². The Labute approximate surface area is 114 Å². The summed E-state index contributed by atoms with van der Waals surface area (Å²) in [5.74, 6) is 2.42. The second-order valence-electron chi connectivity index (χ2n) is 5.58. The SMILES string of the molecule is COc1cc2c(cc1OC)N1CCC(C)CC1CN2. The number of nitrogens with one attached hydrogen (secondary N) is 1. The molecule has 1 N–H and O–H groups in total. The molecule has 2 unspecified atom stereocenters. The molecule has 1 aromatic carbocycles. The molecule has 4 heteroatoms. The van der Waals surface area contributed by atoms with Crippen LogP contribution in [0, 0.1) is 5.92 Å². The molecule has 19 heavy (non-hydrogen) atoms. The van der Waals surface area contributed by atoms with Gasteiger partial charge in [0.2, 0.25) is 0 Å². The number of nitrogens with zero attached hydrogens (tertiary/aromatic N) is 1. The van der Waals surface area contributed by atoms with Crippen molar-refractivity contribution in [3.63, 3.8) is 0 Å². The maximum absolute atomic E-state index is 5.42. The first kappa shape index (κ1) is 12.5. The highest BCUT2D eigenvalue weighted by molar-refractivity contribution is 5.77. The van der Waals surface area contributed by atoms with Crippen LogP contribution in [0.5, 0.6) is 11.5 Å². The molecule has 1 saturated heterocycles. The highest BCUT2D eigenvalue weighted by Crippen LogP contribution is 2.43. The third kappa shape index (κ3) is 2.09. The van der Waals surface area contributed by atoms with E-state index in [2.05, 4.69) is 23.2 Å². The molecule has 0 spiro atoms. The molecule has 2 heterocycles. The molecule has 0 aliphatic carbocycles. The van der Waals surface area contributed by atoms with Crippen LogP contribution in [0.15, 0.2) is 12.1 Å². The number of piperidine rings is 1. The minimum absolute atomic E-state index is 0.606. The molecular formula is C15H22N2O2. The standard InChI is InChI=1S/C15H22N2O2/c1-10-4-5-17-11(6-10)9-16-12-7-14(18-2)15(19-3)8-13(12)17/h7-8,10-11,16H,4-6,9H2,1-3H3. The zero-order chi connectivity index (χ0) is 13.4. The largest absolute Gasteiger partial charge is 0.493 e. The van der Waals surface area contributed by atoms with Crippen molar-refractivity contribution in [2.75, 3.05) is 37.5 Å². The highest BCUT2D eigenvalue weighted by atomic mass is 16.5. The van der Waals surface area contributed by atoms with Gasteiger partial charge in [-0.3, -0.25) is 0 Å². The highest BCUT2D eigenvalue weighted by Gasteiger charge is 2.32. The maximum atomic E-state index is 5.42. The monoisotopic (exact) mass is 262 g/mol. The van der Waals surface area contributed by atoms with Crippen molar-refractivity contribution >= 4 is 11.4 Å². The Morgan fingerprint density at radius 1 is 1.21 bits per heavy atom. The van der Waals surface area contributed by atoms with Crippen LogP contribution in [0.2, 0.25) is 0 Å². The van der Waals surface area contributed by atoms with E-state index in [1.165, 1.54) is 18.5 Å². The van der Waals surface area contributed by atoms with Crippen LogP contribution in [0.25, 0.3) is 0 Å². The maximum Gasteiger partial charge on any atom is 0.162 e. The van der Waals surface area contributed by atoms with Gasteiger partial charge in [-0.05, 0) is 18.8 Å². The Morgan fingerprint density at radius 2 is 1.95 bits per heavy atom. The number of fused-ring (bicyclic) bond motifs is 3. The van der Waals surface area contributed by atoms with Gasteiger partial charge in [0.25, 0.3) is 0 Å². The summed E-state index contributed by atoms with van der Waals surface area (Å²) in [6.07, 6.45) is 2.53. The van der Waals surface area contributed by atoms with Crippen LogP contribution < -0.4 is 19.7 Å². The van der Waals surface area contributed by atoms with E-state index in [0.717, 1.165) is 36.2 Å².